The molecule has 0 aliphatic rings. The minimum Gasteiger partial charge on any atom is -0.445 e. The molecular weight excluding hydrogens is 162 g/mol. The van der Waals surface area contributed by atoms with E-state index < -0.39 is 0 Å². The van der Waals surface area contributed by atoms with Crippen molar-refractivity contribution in [2.24, 2.45) is 0 Å². The van der Waals surface area contributed by atoms with Gasteiger partial charge in [0.1, 0.15) is 6.26 Å². The number of nitrogens with zero attached hydrogens (tertiary/aromatic N) is 1. The van der Waals surface area contributed by atoms with E-state index in [1.807, 2.05) is 6.07 Å². The summed E-state index contributed by atoms with van der Waals surface area (Å²) in [4.78, 5) is 4.09. The van der Waals surface area contributed by atoms with Crippen LogP contribution < -0.4 is 0 Å². The maximum Gasteiger partial charge on any atom is 0.225 e. The lowest BCUT2D eigenvalue weighted by atomic mass is 10.1. The molecule has 0 amide bonds. The molecule has 0 aliphatic carbocycles. The molecule has 2 heteroatoms. The van der Waals surface area contributed by atoms with Gasteiger partial charge in [-0.05, 0) is 37.1 Å². The summed E-state index contributed by atoms with van der Waals surface area (Å²) < 4.78 is 5.20. The number of hydrogen-bond acceptors (Lipinski definition) is 2. The molecule has 2 rings (SSSR count). The van der Waals surface area contributed by atoms with Crippen molar-refractivity contribution in [2.45, 2.75) is 13.8 Å². The van der Waals surface area contributed by atoms with E-state index in [1.54, 1.807) is 12.5 Å². The van der Waals surface area contributed by atoms with E-state index in [1.165, 1.54) is 11.1 Å². The van der Waals surface area contributed by atoms with Crippen molar-refractivity contribution < 1.29 is 4.42 Å². The summed E-state index contributed by atoms with van der Waals surface area (Å²) in [5.74, 6) is 0.683. The van der Waals surface area contributed by atoms with Crippen LogP contribution >= 0.6 is 0 Å². The third-order valence-corrected chi connectivity index (χ3v) is 2.19. The summed E-state index contributed by atoms with van der Waals surface area (Å²) in [6, 6.07) is 6.18. The summed E-state index contributed by atoms with van der Waals surface area (Å²) in [5, 5.41) is 0. The Labute approximate surface area is 77.2 Å². The second kappa shape index (κ2) is 3.05. The second-order valence-corrected chi connectivity index (χ2v) is 3.14. The van der Waals surface area contributed by atoms with E-state index >= 15 is 0 Å². The van der Waals surface area contributed by atoms with Crippen LogP contribution in [0.1, 0.15) is 11.1 Å². The molecule has 0 spiro atoms. The standard InChI is InChI=1S/C11H11NO/c1-8-3-4-10(7-9(8)2)11-12-5-6-13-11/h3-7H,1-2H3. The molecule has 13 heavy (non-hydrogen) atoms. The summed E-state index contributed by atoms with van der Waals surface area (Å²) in [5.41, 5.74) is 3.58. The average molecular weight is 173 g/mol. The fourth-order valence-electron chi connectivity index (χ4n) is 1.24. The molecule has 1 aromatic heterocycles. The fourth-order valence-corrected chi connectivity index (χ4v) is 1.24. The molecule has 1 aromatic carbocycles. The Kier molecular flexibility index (Phi) is 1.89. The van der Waals surface area contributed by atoms with Gasteiger partial charge >= 0.3 is 0 Å². The third kappa shape index (κ3) is 1.47. The highest BCUT2D eigenvalue weighted by Crippen LogP contribution is 2.19. The first-order valence-corrected chi connectivity index (χ1v) is 4.24. The molecule has 0 saturated heterocycles. The van der Waals surface area contributed by atoms with Crippen molar-refractivity contribution >= 4 is 0 Å². The zero-order chi connectivity index (χ0) is 9.26. The Hall–Kier alpha value is -1.57. The van der Waals surface area contributed by atoms with Gasteiger partial charge in [-0.25, -0.2) is 4.98 Å². The van der Waals surface area contributed by atoms with E-state index in [2.05, 4.69) is 31.0 Å². The lowest BCUT2D eigenvalue weighted by Crippen LogP contribution is -1.82. The lowest BCUT2D eigenvalue weighted by Gasteiger charge is -2.00. The lowest BCUT2D eigenvalue weighted by molar-refractivity contribution is 0.574. The Morgan fingerprint density at radius 1 is 1.15 bits per heavy atom. The normalized spacial score (nSPS) is 10.3. The Morgan fingerprint density at radius 3 is 2.62 bits per heavy atom. The van der Waals surface area contributed by atoms with Gasteiger partial charge in [-0.15, -0.1) is 0 Å². The predicted octanol–water partition coefficient (Wildman–Crippen LogP) is 2.96. The summed E-state index contributed by atoms with van der Waals surface area (Å²) in [7, 11) is 0. The van der Waals surface area contributed by atoms with Gasteiger partial charge in [0.15, 0.2) is 0 Å². The van der Waals surface area contributed by atoms with Crippen LogP contribution in [-0.4, -0.2) is 4.98 Å². The largest absolute Gasteiger partial charge is 0.445 e. The molecule has 0 saturated carbocycles. The zero-order valence-electron chi connectivity index (χ0n) is 7.74. The molecule has 0 N–H and O–H groups in total. The predicted molar refractivity (Wildman–Crippen MR) is 51.4 cm³/mol. The van der Waals surface area contributed by atoms with Crippen molar-refractivity contribution in [1.29, 1.82) is 0 Å². The average Bonchev–Trinajstić information content (AvgIpc) is 2.62. The van der Waals surface area contributed by atoms with Crippen LogP contribution in [0.5, 0.6) is 0 Å². The van der Waals surface area contributed by atoms with Crippen molar-refractivity contribution in [1.82, 2.24) is 4.98 Å². The van der Waals surface area contributed by atoms with Gasteiger partial charge in [-0.1, -0.05) is 6.07 Å². The van der Waals surface area contributed by atoms with Gasteiger partial charge in [-0.3, -0.25) is 0 Å². The molecule has 0 atom stereocenters. The Balaban J connectivity index is 2.49. The Bertz CT molecular complexity index is 404. The van der Waals surface area contributed by atoms with Crippen LogP contribution in [0.3, 0.4) is 0 Å². The molecule has 0 aliphatic heterocycles. The zero-order valence-corrected chi connectivity index (χ0v) is 7.74. The van der Waals surface area contributed by atoms with E-state index in [9.17, 15) is 0 Å². The van der Waals surface area contributed by atoms with Crippen molar-refractivity contribution in [2.75, 3.05) is 0 Å². The van der Waals surface area contributed by atoms with Crippen LogP contribution in [0.25, 0.3) is 11.5 Å². The van der Waals surface area contributed by atoms with Gasteiger partial charge in [0.25, 0.3) is 0 Å². The molecule has 0 radical (unpaired) electrons. The van der Waals surface area contributed by atoms with Gasteiger partial charge in [-0.2, -0.15) is 0 Å². The molecular formula is C11H11NO. The number of aromatic nitrogens is 1. The smallest absolute Gasteiger partial charge is 0.225 e. The first-order chi connectivity index (χ1) is 6.27. The molecule has 66 valence electrons. The second-order valence-electron chi connectivity index (χ2n) is 3.14. The SMILES string of the molecule is Cc1ccc(-c2ncco2)cc1C. The fraction of sp³-hybridized carbons (Fsp3) is 0.182. The monoisotopic (exact) mass is 173 g/mol. The summed E-state index contributed by atoms with van der Waals surface area (Å²) >= 11 is 0. The maximum absolute atomic E-state index is 5.20. The van der Waals surface area contributed by atoms with Crippen LogP contribution in [-0.2, 0) is 0 Å². The van der Waals surface area contributed by atoms with Crippen LogP contribution in [0.2, 0.25) is 0 Å². The van der Waals surface area contributed by atoms with Crippen LogP contribution in [0.4, 0.5) is 0 Å². The number of hydrogen-bond donors (Lipinski definition) is 0. The topological polar surface area (TPSA) is 26.0 Å². The molecule has 2 aromatic rings. The van der Waals surface area contributed by atoms with Gasteiger partial charge < -0.3 is 4.42 Å². The number of aryl methyl sites for hydroxylation is 2. The Morgan fingerprint density at radius 2 is 2.00 bits per heavy atom. The van der Waals surface area contributed by atoms with E-state index in [-0.39, 0.29) is 0 Å². The highest BCUT2D eigenvalue weighted by Gasteiger charge is 2.02. The molecule has 0 bridgehead atoms. The van der Waals surface area contributed by atoms with Crippen molar-refractivity contribution in [3.8, 4) is 11.5 Å². The molecule has 1 heterocycles. The summed E-state index contributed by atoms with van der Waals surface area (Å²) in [6.45, 7) is 4.18. The maximum atomic E-state index is 5.20. The molecule has 0 unspecified atom stereocenters. The van der Waals surface area contributed by atoms with Gasteiger partial charge in [0.2, 0.25) is 5.89 Å². The minimum atomic E-state index is 0.683. The minimum absolute atomic E-state index is 0.683. The third-order valence-electron chi connectivity index (χ3n) is 2.19. The van der Waals surface area contributed by atoms with E-state index in [0.29, 0.717) is 5.89 Å². The van der Waals surface area contributed by atoms with Crippen LogP contribution in [0.15, 0.2) is 35.1 Å². The van der Waals surface area contributed by atoms with Crippen LogP contribution in [0, 0.1) is 13.8 Å². The first-order valence-electron chi connectivity index (χ1n) is 4.24. The van der Waals surface area contributed by atoms with Crippen molar-refractivity contribution in [3.63, 3.8) is 0 Å². The highest BCUT2D eigenvalue weighted by molar-refractivity contribution is 5.55. The van der Waals surface area contributed by atoms with Crippen molar-refractivity contribution in [3.05, 3.63) is 41.8 Å². The molecule has 0 fully saturated rings. The summed E-state index contributed by atoms with van der Waals surface area (Å²) in [6.07, 6.45) is 3.25. The number of oxazole rings is 1. The van der Waals surface area contributed by atoms with E-state index in [4.69, 9.17) is 4.42 Å². The molecule has 2 nitrogen and oxygen atoms in total. The van der Waals surface area contributed by atoms with E-state index in [0.717, 1.165) is 5.56 Å². The van der Waals surface area contributed by atoms with Gasteiger partial charge in [0, 0.05) is 5.56 Å². The number of rotatable bonds is 1. The quantitative estimate of drug-likeness (QED) is 0.662. The first kappa shape index (κ1) is 8.05. The number of benzene rings is 1. The highest BCUT2D eigenvalue weighted by atomic mass is 16.3. The van der Waals surface area contributed by atoms with Gasteiger partial charge in [0.05, 0.1) is 6.20 Å².